The molecule has 1 aliphatic carbocycles. The van der Waals surface area contributed by atoms with Gasteiger partial charge in [0.1, 0.15) is 5.75 Å². The van der Waals surface area contributed by atoms with Crippen molar-refractivity contribution in [3.8, 4) is 17.2 Å². The predicted molar refractivity (Wildman–Crippen MR) is 72.4 cm³/mol. The third-order valence-corrected chi connectivity index (χ3v) is 4.53. The van der Waals surface area contributed by atoms with Gasteiger partial charge in [-0.3, -0.25) is 0 Å². The number of benzene rings is 1. The van der Waals surface area contributed by atoms with E-state index in [1.54, 1.807) is 11.8 Å². The molecule has 1 aromatic heterocycles. The van der Waals surface area contributed by atoms with Gasteiger partial charge in [0, 0.05) is 17.7 Å². The lowest BCUT2D eigenvalue weighted by atomic mass is 10.1. The second-order valence-corrected chi connectivity index (χ2v) is 6.02. The number of hydrogen-bond donors (Lipinski definition) is 0. The summed E-state index contributed by atoms with van der Waals surface area (Å²) < 4.78 is 11.2. The Balaban J connectivity index is 1.54. The summed E-state index contributed by atoms with van der Waals surface area (Å²) in [6, 6.07) is 6.05. The topological polar surface area (TPSA) is 48.2 Å². The van der Waals surface area contributed by atoms with Gasteiger partial charge in [0.25, 0.3) is 5.22 Å². The van der Waals surface area contributed by atoms with Crippen LogP contribution >= 0.6 is 11.8 Å². The summed E-state index contributed by atoms with van der Waals surface area (Å²) in [4.78, 5) is 0. The quantitative estimate of drug-likeness (QED) is 0.801. The molecule has 98 valence electrons. The second kappa shape index (κ2) is 4.56. The maximum atomic E-state index is 5.71. The van der Waals surface area contributed by atoms with E-state index in [2.05, 4.69) is 16.3 Å². The number of thioether (sulfide) groups is 1. The molecule has 2 aliphatic rings. The lowest BCUT2D eigenvalue weighted by molar-refractivity contribution is 0.357. The van der Waals surface area contributed by atoms with Crippen molar-refractivity contribution in [1.82, 2.24) is 10.2 Å². The van der Waals surface area contributed by atoms with Gasteiger partial charge in [0.15, 0.2) is 0 Å². The van der Waals surface area contributed by atoms with E-state index in [9.17, 15) is 0 Å². The van der Waals surface area contributed by atoms with Crippen LogP contribution in [0.15, 0.2) is 27.8 Å². The van der Waals surface area contributed by atoms with Crippen LogP contribution in [0.3, 0.4) is 0 Å². The molecule has 2 aromatic rings. The fourth-order valence-electron chi connectivity index (χ4n) is 2.18. The van der Waals surface area contributed by atoms with Crippen molar-refractivity contribution < 1.29 is 9.15 Å². The van der Waals surface area contributed by atoms with Gasteiger partial charge in [-0.25, -0.2) is 0 Å². The molecule has 4 rings (SSSR count). The van der Waals surface area contributed by atoms with Gasteiger partial charge in [-0.2, -0.15) is 0 Å². The molecule has 0 atom stereocenters. The molecule has 0 amide bonds. The third kappa shape index (κ3) is 2.34. The summed E-state index contributed by atoms with van der Waals surface area (Å²) in [5, 5.41) is 8.91. The van der Waals surface area contributed by atoms with E-state index in [1.165, 1.54) is 18.4 Å². The van der Waals surface area contributed by atoms with Gasteiger partial charge in [-0.05, 0) is 42.5 Å². The van der Waals surface area contributed by atoms with E-state index < -0.39 is 0 Å². The van der Waals surface area contributed by atoms with Crippen LogP contribution in [0.1, 0.15) is 18.4 Å². The van der Waals surface area contributed by atoms with Crippen LogP contribution in [0.4, 0.5) is 0 Å². The Morgan fingerprint density at radius 3 is 3.11 bits per heavy atom. The molecule has 0 saturated heterocycles. The van der Waals surface area contributed by atoms with Crippen LogP contribution < -0.4 is 4.74 Å². The molecule has 0 N–H and O–H groups in total. The zero-order chi connectivity index (χ0) is 12.7. The van der Waals surface area contributed by atoms with E-state index in [0.29, 0.717) is 11.1 Å². The Morgan fingerprint density at radius 2 is 2.21 bits per heavy atom. The molecule has 4 nitrogen and oxygen atoms in total. The number of hydrogen-bond acceptors (Lipinski definition) is 5. The minimum atomic E-state index is 0.605. The number of ether oxygens (including phenoxy) is 1. The smallest absolute Gasteiger partial charge is 0.276 e. The van der Waals surface area contributed by atoms with Crippen LogP contribution in [-0.4, -0.2) is 22.6 Å². The molecule has 0 unspecified atom stereocenters. The zero-order valence-corrected chi connectivity index (χ0v) is 11.3. The Bertz CT molecular complexity index is 607. The normalized spacial score (nSPS) is 17.3. The first-order valence-corrected chi connectivity index (χ1v) is 7.59. The Morgan fingerprint density at radius 1 is 1.26 bits per heavy atom. The first-order chi connectivity index (χ1) is 9.38. The maximum Gasteiger partial charge on any atom is 0.276 e. The SMILES string of the molecule is c1cc2c(cc1-c1nnc(SCC3CC3)o1)CCO2. The Hall–Kier alpha value is -1.49. The van der Waals surface area contributed by atoms with Crippen LogP contribution in [0.5, 0.6) is 5.75 Å². The van der Waals surface area contributed by atoms with Crippen molar-refractivity contribution in [2.75, 3.05) is 12.4 Å². The van der Waals surface area contributed by atoms with E-state index in [-0.39, 0.29) is 0 Å². The molecular weight excluding hydrogens is 260 g/mol. The van der Waals surface area contributed by atoms with Crippen molar-refractivity contribution >= 4 is 11.8 Å². The standard InChI is InChI=1S/C14H14N2O2S/c1-2-9(1)8-19-14-16-15-13(18-14)11-3-4-12-10(7-11)5-6-17-12/h3-4,7,9H,1-2,5-6,8H2. The molecule has 1 aromatic carbocycles. The molecule has 19 heavy (non-hydrogen) atoms. The van der Waals surface area contributed by atoms with Crippen LogP contribution in [0.25, 0.3) is 11.5 Å². The summed E-state index contributed by atoms with van der Waals surface area (Å²) in [6.07, 6.45) is 3.65. The molecule has 1 saturated carbocycles. The van der Waals surface area contributed by atoms with E-state index in [4.69, 9.17) is 9.15 Å². The highest BCUT2D eigenvalue weighted by atomic mass is 32.2. The number of nitrogens with zero attached hydrogens (tertiary/aromatic N) is 2. The lowest BCUT2D eigenvalue weighted by Gasteiger charge is -1.99. The molecule has 2 heterocycles. The average Bonchev–Trinajstić information content (AvgIpc) is 2.96. The lowest BCUT2D eigenvalue weighted by Crippen LogP contribution is -1.85. The van der Waals surface area contributed by atoms with Gasteiger partial charge in [-0.15, -0.1) is 10.2 Å². The molecule has 1 fully saturated rings. The van der Waals surface area contributed by atoms with Crippen molar-refractivity contribution in [1.29, 1.82) is 0 Å². The molecule has 0 spiro atoms. The monoisotopic (exact) mass is 274 g/mol. The molecular formula is C14H14N2O2S. The van der Waals surface area contributed by atoms with E-state index in [1.807, 2.05) is 12.1 Å². The van der Waals surface area contributed by atoms with Gasteiger partial charge >= 0.3 is 0 Å². The van der Waals surface area contributed by atoms with Crippen LogP contribution in [-0.2, 0) is 6.42 Å². The first kappa shape index (κ1) is 11.3. The fraction of sp³-hybridized carbons (Fsp3) is 0.429. The highest BCUT2D eigenvalue weighted by Gasteiger charge is 2.22. The highest BCUT2D eigenvalue weighted by molar-refractivity contribution is 7.99. The van der Waals surface area contributed by atoms with Gasteiger partial charge in [-0.1, -0.05) is 11.8 Å². The minimum Gasteiger partial charge on any atom is -0.493 e. The summed E-state index contributed by atoms with van der Waals surface area (Å²) in [6.45, 7) is 0.769. The molecule has 0 bridgehead atoms. The molecule has 1 aliphatic heterocycles. The van der Waals surface area contributed by atoms with Crippen molar-refractivity contribution in [2.24, 2.45) is 5.92 Å². The van der Waals surface area contributed by atoms with Gasteiger partial charge in [0.2, 0.25) is 5.89 Å². The average molecular weight is 274 g/mol. The largest absolute Gasteiger partial charge is 0.493 e. The van der Waals surface area contributed by atoms with Gasteiger partial charge in [0.05, 0.1) is 6.61 Å². The second-order valence-electron chi connectivity index (χ2n) is 5.05. The molecule has 5 heteroatoms. The number of aromatic nitrogens is 2. The van der Waals surface area contributed by atoms with Gasteiger partial charge < -0.3 is 9.15 Å². The summed E-state index contributed by atoms with van der Waals surface area (Å²) >= 11 is 1.67. The van der Waals surface area contributed by atoms with Crippen molar-refractivity contribution in [3.63, 3.8) is 0 Å². The Kier molecular flexibility index (Phi) is 2.72. The highest BCUT2D eigenvalue weighted by Crippen LogP contribution is 2.35. The first-order valence-electron chi connectivity index (χ1n) is 6.61. The summed E-state index contributed by atoms with van der Waals surface area (Å²) in [5.41, 5.74) is 2.21. The van der Waals surface area contributed by atoms with E-state index >= 15 is 0 Å². The van der Waals surface area contributed by atoms with Crippen molar-refractivity contribution in [3.05, 3.63) is 23.8 Å². The number of fused-ring (bicyclic) bond motifs is 1. The number of rotatable bonds is 4. The predicted octanol–water partition coefficient (Wildman–Crippen LogP) is 3.17. The fourth-order valence-corrected chi connectivity index (χ4v) is 3.13. The maximum absolute atomic E-state index is 5.71. The summed E-state index contributed by atoms with van der Waals surface area (Å²) in [7, 11) is 0. The zero-order valence-electron chi connectivity index (χ0n) is 10.5. The minimum absolute atomic E-state index is 0.605. The summed E-state index contributed by atoms with van der Waals surface area (Å²) in [5.74, 6) is 3.54. The van der Waals surface area contributed by atoms with Crippen molar-refractivity contribution in [2.45, 2.75) is 24.5 Å². The Labute approximate surface area is 115 Å². The third-order valence-electron chi connectivity index (χ3n) is 3.48. The molecule has 0 radical (unpaired) electrons. The van der Waals surface area contributed by atoms with Crippen LogP contribution in [0.2, 0.25) is 0 Å². The van der Waals surface area contributed by atoms with E-state index in [0.717, 1.165) is 36.0 Å². The van der Waals surface area contributed by atoms with Crippen LogP contribution in [0, 0.1) is 5.92 Å².